The summed E-state index contributed by atoms with van der Waals surface area (Å²) in [6.07, 6.45) is 5.58. The second-order valence-corrected chi connectivity index (χ2v) is 5.63. The third kappa shape index (κ3) is 4.53. The highest BCUT2D eigenvalue weighted by molar-refractivity contribution is 5.98. The van der Waals surface area contributed by atoms with E-state index in [0.717, 1.165) is 30.7 Å². The van der Waals surface area contributed by atoms with Crippen LogP contribution in [0, 0.1) is 0 Å². The lowest BCUT2D eigenvalue weighted by Crippen LogP contribution is -2.28. The summed E-state index contributed by atoms with van der Waals surface area (Å²) in [7, 11) is 0. The van der Waals surface area contributed by atoms with Gasteiger partial charge in [-0.05, 0) is 42.7 Å². The smallest absolute Gasteiger partial charge is 0.276 e. The number of aromatic nitrogens is 1. The topological polar surface area (TPSA) is 72.5 Å². The van der Waals surface area contributed by atoms with Crippen LogP contribution in [0.25, 0.3) is 0 Å². The fourth-order valence-electron chi connectivity index (χ4n) is 2.56. The Bertz CT molecular complexity index is 658. The summed E-state index contributed by atoms with van der Waals surface area (Å²) in [5, 5.41) is 3.27. The average Bonchev–Trinajstić information content (AvgIpc) is 3.14. The molecule has 1 unspecified atom stereocenters. The lowest BCUT2D eigenvalue weighted by atomic mass is 10.1. The second kappa shape index (κ2) is 8.42. The molecule has 1 aromatic carbocycles. The zero-order valence-corrected chi connectivity index (χ0v) is 13.4. The van der Waals surface area contributed by atoms with Gasteiger partial charge in [0.1, 0.15) is 6.61 Å². The number of pyridine rings is 1. The number of anilines is 1. The van der Waals surface area contributed by atoms with E-state index < -0.39 is 0 Å². The van der Waals surface area contributed by atoms with Crippen LogP contribution in [0.5, 0.6) is 0 Å². The molecule has 1 fully saturated rings. The molecule has 2 aromatic rings. The summed E-state index contributed by atoms with van der Waals surface area (Å²) in [4.78, 5) is 21.6. The molecule has 24 heavy (non-hydrogen) atoms. The van der Waals surface area contributed by atoms with Crippen LogP contribution in [0.3, 0.4) is 0 Å². The van der Waals surface area contributed by atoms with E-state index in [1.165, 1.54) is 0 Å². The van der Waals surface area contributed by atoms with Crippen molar-refractivity contribution in [2.75, 3.05) is 18.5 Å². The average molecular weight is 327 g/mol. The van der Waals surface area contributed by atoms with Gasteiger partial charge in [0.05, 0.1) is 11.7 Å². The Balaban J connectivity index is 1.55. The summed E-state index contributed by atoms with van der Waals surface area (Å²) in [5.74, 6) is -0.272. The molecular formula is C18H21N3O3. The number of hydrogen-bond donors (Lipinski definition) is 2. The Labute approximate surface area is 141 Å². The van der Waals surface area contributed by atoms with Crippen molar-refractivity contribution in [1.82, 2.24) is 10.5 Å². The van der Waals surface area contributed by atoms with Crippen molar-refractivity contribution >= 4 is 11.6 Å². The fraction of sp³-hybridized carbons (Fsp3) is 0.333. The highest BCUT2D eigenvalue weighted by Crippen LogP contribution is 2.16. The first-order chi connectivity index (χ1) is 11.8. The first kappa shape index (κ1) is 16.4. The van der Waals surface area contributed by atoms with E-state index in [2.05, 4.69) is 15.8 Å². The van der Waals surface area contributed by atoms with Crippen molar-refractivity contribution in [2.45, 2.75) is 25.5 Å². The van der Waals surface area contributed by atoms with Gasteiger partial charge in [0.25, 0.3) is 5.91 Å². The number of amides is 1. The van der Waals surface area contributed by atoms with E-state index in [1.807, 2.05) is 30.3 Å². The summed E-state index contributed by atoms with van der Waals surface area (Å²) < 4.78 is 5.46. The van der Waals surface area contributed by atoms with Crippen LogP contribution in [0.15, 0.2) is 48.8 Å². The zero-order valence-electron chi connectivity index (χ0n) is 13.4. The lowest BCUT2D eigenvalue weighted by Gasteiger charge is -2.13. The van der Waals surface area contributed by atoms with Gasteiger partial charge in [0, 0.05) is 31.2 Å². The quantitative estimate of drug-likeness (QED) is 0.765. The van der Waals surface area contributed by atoms with Crippen molar-refractivity contribution in [3.63, 3.8) is 0 Å². The van der Waals surface area contributed by atoms with Crippen LogP contribution in [-0.2, 0) is 16.1 Å². The van der Waals surface area contributed by atoms with Crippen molar-refractivity contribution in [3.05, 3.63) is 59.9 Å². The molecule has 3 rings (SSSR count). The largest absolute Gasteiger partial charge is 0.380 e. The van der Waals surface area contributed by atoms with Gasteiger partial charge in [0.15, 0.2) is 0 Å². The minimum atomic E-state index is -0.272. The molecule has 2 N–H and O–H groups in total. The number of hydrogen-bond acceptors (Lipinski definition) is 5. The molecule has 0 saturated carbocycles. The van der Waals surface area contributed by atoms with E-state index in [1.54, 1.807) is 18.5 Å². The maximum Gasteiger partial charge on any atom is 0.276 e. The maximum absolute atomic E-state index is 12.3. The van der Waals surface area contributed by atoms with Gasteiger partial charge >= 0.3 is 0 Å². The number of benzene rings is 1. The normalized spacial score (nSPS) is 16.8. The highest BCUT2D eigenvalue weighted by atomic mass is 16.7. The number of ether oxygens (including phenoxy) is 1. The minimum absolute atomic E-state index is 0.0744. The van der Waals surface area contributed by atoms with Crippen LogP contribution < -0.4 is 10.8 Å². The Morgan fingerprint density at radius 3 is 2.88 bits per heavy atom. The number of nitrogens with one attached hydrogen (secondary N) is 2. The Hall–Kier alpha value is -2.44. The maximum atomic E-state index is 12.3. The van der Waals surface area contributed by atoms with Gasteiger partial charge in [-0.25, -0.2) is 5.48 Å². The number of hydroxylamine groups is 1. The SMILES string of the molecule is O=C(NOCC1CCCO1)c1ccccc1NCc1ccncc1. The van der Waals surface area contributed by atoms with Crippen molar-refractivity contribution in [1.29, 1.82) is 0 Å². The molecule has 6 nitrogen and oxygen atoms in total. The van der Waals surface area contributed by atoms with Crippen molar-refractivity contribution in [3.8, 4) is 0 Å². The first-order valence-electron chi connectivity index (χ1n) is 8.08. The van der Waals surface area contributed by atoms with Crippen molar-refractivity contribution < 1.29 is 14.4 Å². The van der Waals surface area contributed by atoms with Crippen LogP contribution in [0.2, 0.25) is 0 Å². The number of para-hydroxylation sites is 1. The van der Waals surface area contributed by atoms with Gasteiger partial charge in [-0.3, -0.25) is 14.6 Å². The zero-order chi connectivity index (χ0) is 16.6. The number of carbonyl (C=O) groups excluding carboxylic acids is 1. The summed E-state index contributed by atoms with van der Waals surface area (Å²) in [5.41, 5.74) is 4.89. The molecule has 1 amide bonds. The summed E-state index contributed by atoms with van der Waals surface area (Å²) in [6.45, 7) is 1.76. The van der Waals surface area contributed by atoms with E-state index >= 15 is 0 Å². The number of rotatable bonds is 7. The molecule has 6 heteroatoms. The molecule has 1 aliphatic rings. The second-order valence-electron chi connectivity index (χ2n) is 5.63. The fourth-order valence-corrected chi connectivity index (χ4v) is 2.56. The van der Waals surface area contributed by atoms with Gasteiger partial charge < -0.3 is 10.1 Å². The van der Waals surface area contributed by atoms with Gasteiger partial charge in [-0.2, -0.15) is 0 Å². The Morgan fingerprint density at radius 1 is 1.25 bits per heavy atom. The summed E-state index contributed by atoms with van der Waals surface area (Å²) >= 11 is 0. The van der Waals surface area contributed by atoms with Crippen molar-refractivity contribution in [2.24, 2.45) is 0 Å². The number of nitrogens with zero attached hydrogens (tertiary/aromatic N) is 1. The van der Waals surface area contributed by atoms with Crippen LogP contribution in [0.1, 0.15) is 28.8 Å². The molecule has 1 aromatic heterocycles. The molecule has 0 radical (unpaired) electrons. The third-order valence-corrected chi connectivity index (χ3v) is 3.86. The Morgan fingerprint density at radius 2 is 2.08 bits per heavy atom. The molecule has 0 spiro atoms. The first-order valence-corrected chi connectivity index (χ1v) is 8.08. The molecule has 1 saturated heterocycles. The van der Waals surface area contributed by atoms with E-state index in [-0.39, 0.29) is 12.0 Å². The minimum Gasteiger partial charge on any atom is -0.380 e. The van der Waals surface area contributed by atoms with Gasteiger partial charge in [-0.1, -0.05) is 12.1 Å². The predicted molar refractivity (Wildman–Crippen MR) is 90.4 cm³/mol. The van der Waals surface area contributed by atoms with E-state index in [4.69, 9.17) is 9.57 Å². The van der Waals surface area contributed by atoms with E-state index in [9.17, 15) is 4.79 Å². The summed E-state index contributed by atoms with van der Waals surface area (Å²) in [6, 6.07) is 11.2. The molecule has 0 bridgehead atoms. The Kier molecular flexibility index (Phi) is 5.76. The molecule has 126 valence electrons. The standard InChI is InChI=1S/C18H21N3O3/c22-18(21-24-13-15-4-3-11-23-15)16-5-1-2-6-17(16)20-12-14-7-9-19-10-8-14/h1-2,5-10,15,20H,3-4,11-13H2,(H,21,22). The molecular weight excluding hydrogens is 306 g/mol. The van der Waals surface area contributed by atoms with Crippen LogP contribution in [0.4, 0.5) is 5.69 Å². The molecule has 0 aliphatic carbocycles. The van der Waals surface area contributed by atoms with Gasteiger partial charge in [0.2, 0.25) is 0 Å². The van der Waals surface area contributed by atoms with E-state index in [0.29, 0.717) is 18.7 Å². The lowest BCUT2D eigenvalue weighted by molar-refractivity contribution is -0.0220. The molecule has 1 aliphatic heterocycles. The van der Waals surface area contributed by atoms with Crippen LogP contribution in [-0.4, -0.2) is 30.2 Å². The molecule has 1 atom stereocenters. The third-order valence-electron chi connectivity index (χ3n) is 3.86. The van der Waals surface area contributed by atoms with Crippen LogP contribution >= 0.6 is 0 Å². The number of carbonyl (C=O) groups is 1. The molecule has 2 heterocycles. The highest BCUT2D eigenvalue weighted by Gasteiger charge is 2.17. The monoisotopic (exact) mass is 327 g/mol. The predicted octanol–water partition coefficient (Wildman–Crippen LogP) is 2.53. The van der Waals surface area contributed by atoms with Gasteiger partial charge in [-0.15, -0.1) is 0 Å².